The lowest BCUT2D eigenvalue weighted by Crippen LogP contribution is -2.62. The third kappa shape index (κ3) is 5.02. The van der Waals surface area contributed by atoms with Gasteiger partial charge < -0.3 is 4.55 Å². The van der Waals surface area contributed by atoms with Crippen molar-refractivity contribution in [1.29, 1.82) is 0 Å². The number of nitrogens with one attached hydrogen (secondary N) is 8. The van der Waals surface area contributed by atoms with Crippen molar-refractivity contribution >= 4 is 11.1 Å². The smallest absolute Gasteiger partial charge is 0.0639 e. The summed E-state index contributed by atoms with van der Waals surface area (Å²) in [4.78, 5) is 0. The van der Waals surface area contributed by atoms with Gasteiger partial charge in [0.25, 0.3) is 0 Å². The molecule has 18 atom stereocenters. The Labute approximate surface area is 260 Å². The number of fused-ring (bicyclic) bond motifs is 20. The highest BCUT2D eigenvalue weighted by Crippen LogP contribution is 2.46. The van der Waals surface area contributed by atoms with E-state index in [1.165, 1.54) is 77.0 Å². The maximum Gasteiger partial charge on any atom is 0.0639 e. The summed E-state index contributed by atoms with van der Waals surface area (Å²) in [5.74, 6) is 4.20. The fourth-order valence-corrected chi connectivity index (χ4v) is 13.2. The second-order valence-electron chi connectivity index (χ2n) is 16.0. The number of rotatable bonds is 1. The van der Waals surface area contributed by atoms with E-state index in [0.29, 0.717) is 59.9 Å². The van der Waals surface area contributed by atoms with Crippen LogP contribution in [0, 0.1) is 47.3 Å². The molecule has 0 aromatic rings. The number of hydrogen-bond acceptors (Lipinski definition) is 10. The Balaban J connectivity index is 1.07. The summed E-state index contributed by atoms with van der Waals surface area (Å²) < 4.78 is 25.3. The van der Waals surface area contributed by atoms with Crippen molar-refractivity contribution in [1.82, 2.24) is 42.5 Å². The Hall–Kier alpha value is -0.210. The third-order valence-electron chi connectivity index (χ3n) is 14.1. The first-order chi connectivity index (χ1) is 21.1. The van der Waals surface area contributed by atoms with Gasteiger partial charge in [-0.25, -0.2) is 0 Å². The molecule has 8 bridgehead atoms. The van der Waals surface area contributed by atoms with Crippen LogP contribution in [0.1, 0.15) is 96.3 Å². The van der Waals surface area contributed by atoms with Crippen LogP contribution in [0.15, 0.2) is 0 Å². The second-order valence-corrected chi connectivity index (χ2v) is 17.1. The summed E-state index contributed by atoms with van der Waals surface area (Å²) in [6, 6.07) is 0. The van der Waals surface area contributed by atoms with Crippen LogP contribution in [0.4, 0.5) is 0 Å². The number of hydrogen-bond donors (Lipinski definition) is 8. The lowest BCUT2D eigenvalue weighted by atomic mass is 9.76. The highest BCUT2D eigenvalue weighted by molar-refractivity contribution is 7.79. The van der Waals surface area contributed by atoms with Gasteiger partial charge in [0.2, 0.25) is 0 Å². The van der Waals surface area contributed by atoms with Crippen molar-refractivity contribution in [3.05, 3.63) is 0 Å². The fourth-order valence-electron chi connectivity index (χ4n) is 12.2. The Kier molecular flexibility index (Phi) is 7.94. The van der Waals surface area contributed by atoms with Crippen LogP contribution in [-0.2, 0) is 11.1 Å². The molecule has 11 heteroatoms. The lowest BCUT2D eigenvalue weighted by molar-refractivity contribution is 0.168. The van der Waals surface area contributed by atoms with Crippen molar-refractivity contribution in [2.75, 3.05) is 0 Å². The minimum atomic E-state index is -2.06. The van der Waals surface area contributed by atoms with Gasteiger partial charge in [-0.2, -0.15) is 0 Å². The average Bonchev–Trinajstić information content (AvgIpc) is 3.76. The van der Waals surface area contributed by atoms with E-state index in [0.717, 1.165) is 19.3 Å². The Morgan fingerprint density at radius 3 is 0.977 bits per heavy atom. The summed E-state index contributed by atoms with van der Waals surface area (Å²) in [5, 5.41) is 32.6. The van der Waals surface area contributed by atoms with Crippen LogP contribution >= 0.6 is 0 Å². The van der Waals surface area contributed by atoms with E-state index >= 15 is 0 Å². The van der Waals surface area contributed by atoms with Crippen LogP contribution in [0.3, 0.4) is 0 Å². The van der Waals surface area contributed by atoms with E-state index in [1.807, 2.05) is 0 Å². The molecule has 5 aliphatic heterocycles. The van der Waals surface area contributed by atoms with Gasteiger partial charge in [-0.3, -0.25) is 46.7 Å². The van der Waals surface area contributed by atoms with Gasteiger partial charge in [0, 0.05) is 11.2 Å². The van der Waals surface area contributed by atoms with Gasteiger partial charge in [-0.1, -0.05) is 56.0 Å². The van der Waals surface area contributed by atoms with Crippen LogP contribution in [-0.4, -0.2) is 63.3 Å². The molecule has 5 saturated heterocycles. The molecule has 0 radical (unpaired) electrons. The van der Waals surface area contributed by atoms with Gasteiger partial charge in [-0.15, -0.1) is 0 Å². The molecular weight excluding hydrogens is 560 g/mol. The zero-order valence-corrected chi connectivity index (χ0v) is 26.5. The summed E-state index contributed by atoms with van der Waals surface area (Å²) in [5.41, 5.74) is 0. The molecule has 10 nitrogen and oxygen atoms in total. The van der Waals surface area contributed by atoms with Gasteiger partial charge in [0.1, 0.15) is 0 Å². The second kappa shape index (κ2) is 11.8. The fraction of sp³-hybridized carbons (Fsp3) is 1.00. The van der Waals surface area contributed by atoms with Crippen molar-refractivity contribution in [3.63, 3.8) is 0 Å². The quantitative estimate of drug-likeness (QED) is 0.205. The Bertz CT molecular complexity index is 1050. The first kappa shape index (κ1) is 29.0. The molecule has 0 aromatic carbocycles. The van der Waals surface area contributed by atoms with Crippen molar-refractivity contribution in [3.8, 4) is 0 Å². The molecule has 8 N–H and O–H groups in total. The summed E-state index contributed by atoms with van der Waals surface area (Å²) in [6.45, 7) is 0. The van der Waals surface area contributed by atoms with Crippen LogP contribution in [0.2, 0.25) is 0 Å². The van der Waals surface area contributed by atoms with Crippen molar-refractivity contribution in [2.24, 2.45) is 47.3 Å². The Morgan fingerprint density at radius 1 is 0.372 bits per heavy atom. The van der Waals surface area contributed by atoms with Crippen molar-refractivity contribution in [2.45, 2.75) is 151 Å². The Morgan fingerprint density at radius 2 is 0.651 bits per heavy atom. The van der Waals surface area contributed by atoms with E-state index < -0.39 is 11.1 Å². The first-order valence-electron chi connectivity index (χ1n) is 18.3. The summed E-state index contributed by atoms with van der Waals surface area (Å²) in [7, 11) is 0. The summed E-state index contributed by atoms with van der Waals surface area (Å²) in [6.07, 6.45) is 20.4. The molecule has 9 rings (SSSR count). The topological polar surface area (TPSA) is 136 Å². The first-order valence-corrected chi connectivity index (χ1v) is 19.4. The SMILES string of the molecule is O=S([O-])C1CCCC2C3NC4NC(NC5NC(NC6NC(NC(N3)C21)C1CCCCC61)C1CCCCC51)C1CCCCC41. The normalized spacial score (nSPS) is 56.9. The molecule has 0 aromatic heterocycles. The lowest BCUT2D eigenvalue weighted by Gasteiger charge is -2.40. The van der Waals surface area contributed by atoms with E-state index in [9.17, 15) is 8.76 Å². The van der Waals surface area contributed by atoms with Gasteiger partial charge in [0.15, 0.2) is 0 Å². The van der Waals surface area contributed by atoms with Gasteiger partial charge >= 0.3 is 0 Å². The van der Waals surface area contributed by atoms with E-state index in [4.69, 9.17) is 0 Å². The van der Waals surface area contributed by atoms with Gasteiger partial charge in [-0.05, 0) is 92.8 Å². The maximum atomic E-state index is 12.6. The highest BCUT2D eigenvalue weighted by Gasteiger charge is 2.55. The molecular formula is C32H55N8O2S-. The van der Waals surface area contributed by atoms with Crippen LogP contribution in [0.5, 0.6) is 0 Å². The molecule has 242 valence electrons. The third-order valence-corrected chi connectivity index (χ3v) is 15.1. The highest BCUT2D eigenvalue weighted by atomic mass is 32.2. The molecule has 0 amide bonds. The van der Waals surface area contributed by atoms with Crippen LogP contribution < -0.4 is 42.5 Å². The molecule has 0 spiro atoms. The van der Waals surface area contributed by atoms with E-state index in [2.05, 4.69) is 42.5 Å². The zero-order valence-electron chi connectivity index (χ0n) is 25.6. The van der Waals surface area contributed by atoms with Gasteiger partial charge in [0.05, 0.1) is 49.3 Å². The average molecular weight is 616 g/mol. The molecule has 9 fully saturated rings. The van der Waals surface area contributed by atoms with Crippen molar-refractivity contribution < 1.29 is 8.76 Å². The van der Waals surface area contributed by atoms with E-state index in [1.54, 1.807) is 0 Å². The summed E-state index contributed by atoms with van der Waals surface area (Å²) >= 11 is -2.06. The van der Waals surface area contributed by atoms with E-state index in [-0.39, 0.29) is 42.0 Å². The largest absolute Gasteiger partial charge is 0.772 e. The maximum absolute atomic E-state index is 12.6. The molecule has 4 aliphatic carbocycles. The molecule has 9 aliphatic rings. The molecule has 18 unspecified atom stereocenters. The predicted octanol–water partition coefficient (Wildman–Crippen LogP) is 1.46. The minimum Gasteiger partial charge on any atom is -0.772 e. The zero-order chi connectivity index (χ0) is 28.7. The molecule has 43 heavy (non-hydrogen) atoms. The molecule has 4 saturated carbocycles. The minimum absolute atomic E-state index is 0.00776. The van der Waals surface area contributed by atoms with Crippen LogP contribution in [0.25, 0.3) is 0 Å². The predicted molar refractivity (Wildman–Crippen MR) is 165 cm³/mol. The molecule has 5 heterocycles. The standard InChI is InChI=1S/C32H56N8O2S/c41-43(42)23-15-7-14-22-24(23)32-39-30-21-13-6-5-12-20(21)28(37-30)35-26-17-9-2-1-8-16(17)25(33-26)34-27-18-10-3-4-11-19(18)29(36-27)38-31(22)40-32/h16-40H,1-15H2,(H,41,42)/p-1. The monoisotopic (exact) mass is 615 g/mol.